The van der Waals surface area contributed by atoms with E-state index in [1.807, 2.05) is 0 Å². The highest BCUT2D eigenvalue weighted by atomic mass is 35.5. The number of ether oxygens (including phenoxy) is 1. The number of rotatable bonds is 5. The zero-order chi connectivity index (χ0) is 14.7. The number of aliphatic hydroxyl groups excluding tert-OH is 1. The molecule has 0 radical (unpaired) electrons. The standard InChI is InChI=1S/C11H13ClFN5O2/c1-3-20-10(19)8-7(13)9(16-11(12)15-8)14-6-4-5(2)17-18-6/h4,10,19H,3H2,1-2H3,(H2,14,15,16,17,18). The first kappa shape index (κ1) is 14.6. The summed E-state index contributed by atoms with van der Waals surface area (Å²) in [7, 11) is 0. The van der Waals surface area contributed by atoms with Crippen LogP contribution in [0.5, 0.6) is 0 Å². The highest BCUT2D eigenvalue weighted by Crippen LogP contribution is 2.25. The minimum Gasteiger partial charge on any atom is -0.363 e. The summed E-state index contributed by atoms with van der Waals surface area (Å²) in [6.07, 6.45) is -1.51. The summed E-state index contributed by atoms with van der Waals surface area (Å²) in [5.74, 6) is -0.672. The molecule has 0 aliphatic carbocycles. The van der Waals surface area contributed by atoms with Crippen molar-refractivity contribution in [1.29, 1.82) is 0 Å². The molecule has 2 aromatic rings. The van der Waals surface area contributed by atoms with E-state index in [-0.39, 0.29) is 23.4 Å². The van der Waals surface area contributed by atoms with Crippen LogP contribution >= 0.6 is 11.6 Å². The fourth-order valence-corrected chi connectivity index (χ4v) is 1.70. The van der Waals surface area contributed by atoms with Gasteiger partial charge in [0.15, 0.2) is 17.5 Å². The SMILES string of the molecule is CCOC(O)c1nc(Cl)nc(Nc2cc(C)[nH]n2)c1F. The second kappa shape index (κ2) is 6.12. The lowest BCUT2D eigenvalue weighted by molar-refractivity contribution is -0.103. The topological polar surface area (TPSA) is 96.0 Å². The fourth-order valence-electron chi connectivity index (χ4n) is 1.52. The number of aromatic nitrogens is 4. The highest BCUT2D eigenvalue weighted by Gasteiger charge is 2.21. The van der Waals surface area contributed by atoms with Crippen LogP contribution in [0.2, 0.25) is 5.28 Å². The summed E-state index contributed by atoms with van der Waals surface area (Å²) in [6, 6.07) is 1.66. The molecular formula is C11H13ClFN5O2. The summed E-state index contributed by atoms with van der Waals surface area (Å²) in [4.78, 5) is 7.36. The van der Waals surface area contributed by atoms with Gasteiger partial charge in [0, 0.05) is 18.4 Å². The molecule has 108 valence electrons. The van der Waals surface area contributed by atoms with Gasteiger partial charge in [-0.2, -0.15) is 10.1 Å². The lowest BCUT2D eigenvalue weighted by Crippen LogP contribution is -2.11. The molecule has 0 spiro atoms. The Labute approximate surface area is 119 Å². The molecular weight excluding hydrogens is 289 g/mol. The van der Waals surface area contributed by atoms with Gasteiger partial charge in [-0.25, -0.2) is 9.37 Å². The van der Waals surface area contributed by atoms with Gasteiger partial charge in [-0.3, -0.25) is 5.10 Å². The van der Waals surface area contributed by atoms with Crippen molar-refractivity contribution in [2.45, 2.75) is 20.1 Å². The molecule has 7 nitrogen and oxygen atoms in total. The van der Waals surface area contributed by atoms with Crippen molar-refractivity contribution in [3.05, 3.63) is 28.6 Å². The quantitative estimate of drug-likeness (QED) is 0.578. The molecule has 0 aromatic carbocycles. The van der Waals surface area contributed by atoms with Gasteiger partial charge < -0.3 is 15.2 Å². The highest BCUT2D eigenvalue weighted by molar-refractivity contribution is 6.28. The Morgan fingerprint density at radius 2 is 2.30 bits per heavy atom. The van der Waals surface area contributed by atoms with Gasteiger partial charge in [0.25, 0.3) is 0 Å². The molecule has 0 saturated carbocycles. The zero-order valence-corrected chi connectivity index (χ0v) is 11.6. The number of hydrogen-bond acceptors (Lipinski definition) is 6. The van der Waals surface area contributed by atoms with E-state index in [1.54, 1.807) is 19.9 Å². The molecule has 3 N–H and O–H groups in total. The third-order valence-corrected chi connectivity index (χ3v) is 2.53. The van der Waals surface area contributed by atoms with E-state index >= 15 is 0 Å². The van der Waals surface area contributed by atoms with Gasteiger partial charge in [0.05, 0.1) is 0 Å². The summed E-state index contributed by atoms with van der Waals surface area (Å²) >= 11 is 5.71. The third kappa shape index (κ3) is 3.21. The number of halogens is 2. The number of aryl methyl sites for hydroxylation is 1. The van der Waals surface area contributed by atoms with Crippen LogP contribution in [0.4, 0.5) is 16.0 Å². The average Bonchev–Trinajstić information content (AvgIpc) is 2.79. The van der Waals surface area contributed by atoms with E-state index in [9.17, 15) is 9.50 Å². The van der Waals surface area contributed by atoms with E-state index < -0.39 is 12.1 Å². The Morgan fingerprint density at radius 3 is 2.90 bits per heavy atom. The lowest BCUT2D eigenvalue weighted by atomic mass is 10.3. The summed E-state index contributed by atoms with van der Waals surface area (Å²) < 4.78 is 19.1. The van der Waals surface area contributed by atoms with Gasteiger partial charge in [-0.15, -0.1) is 0 Å². The van der Waals surface area contributed by atoms with Crippen molar-refractivity contribution < 1.29 is 14.2 Å². The zero-order valence-electron chi connectivity index (χ0n) is 10.8. The maximum Gasteiger partial charge on any atom is 0.224 e. The number of nitrogens with one attached hydrogen (secondary N) is 2. The molecule has 20 heavy (non-hydrogen) atoms. The largest absolute Gasteiger partial charge is 0.363 e. The Balaban J connectivity index is 2.33. The van der Waals surface area contributed by atoms with Gasteiger partial charge in [0.1, 0.15) is 5.69 Å². The van der Waals surface area contributed by atoms with Crippen molar-refractivity contribution in [2.75, 3.05) is 11.9 Å². The van der Waals surface area contributed by atoms with E-state index in [0.717, 1.165) is 5.69 Å². The summed E-state index contributed by atoms with van der Waals surface area (Å²) in [5, 5.41) is 18.7. The number of hydrogen-bond donors (Lipinski definition) is 3. The molecule has 0 fully saturated rings. The smallest absolute Gasteiger partial charge is 0.224 e. The van der Waals surface area contributed by atoms with Crippen LogP contribution in [0, 0.1) is 12.7 Å². The number of aromatic amines is 1. The minimum absolute atomic E-state index is 0.190. The molecule has 0 bridgehead atoms. The second-order valence-electron chi connectivity index (χ2n) is 3.91. The van der Waals surface area contributed by atoms with Crippen molar-refractivity contribution in [2.24, 2.45) is 0 Å². The molecule has 0 aliphatic heterocycles. The Hall–Kier alpha value is -1.77. The van der Waals surface area contributed by atoms with Crippen molar-refractivity contribution in [3.63, 3.8) is 0 Å². The Kier molecular flexibility index (Phi) is 4.48. The van der Waals surface area contributed by atoms with Crippen molar-refractivity contribution >= 4 is 23.2 Å². The van der Waals surface area contributed by atoms with Crippen LogP contribution in [0.15, 0.2) is 6.07 Å². The molecule has 1 unspecified atom stereocenters. The predicted molar refractivity (Wildman–Crippen MR) is 70.2 cm³/mol. The van der Waals surface area contributed by atoms with Gasteiger partial charge in [0.2, 0.25) is 11.6 Å². The predicted octanol–water partition coefficient (Wildman–Crippen LogP) is 2.07. The number of aliphatic hydroxyl groups is 1. The van der Waals surface area contributed by atoms with Gasteiger partial charge in [-0.05, 0) is 25.4 Å². The van der Waals surface area contributed by atoms with Crippen LogP contribution < -0.4 is 5.32 Å². The molecule has 2 heterocycles. The van der Waals surface area contributed by atoms with Crippen molar-refractivity contribution in [1.82, 2.24) is 20.2 Å². The molecule has 2 aromatic heterocycles. The summed E-state index contributed by atoms with van der Waals surface area (Å²) in [5.41, 5.74) is 0.462. The first-order chi connectivity index (χ1) is 9.51. The van der Waals surface area contributed by atoms with E-state index in [1.165, 1.54) is 0 Å². The maximum atomic E-state index is 14.2. The number of H-pyrrole nitrogens is 1. The van der Waals surface area contributed by atoms with Crippen LogP contribution in [0.25, 0.3) is 0 Å². The third-order valence-electron chi connectivity index (χ3n) is 2.36. The Morgan fingerprint density at radius 1 is 1.55 bits per heavy atom. The van der Waals surface area contributed by atoms with E-state index in [4.69, 9.17) is 16.3 Å². The number of nitrogens with zero attached hydrogens (tertiary/aromatic N) is 3. The molecule has 9 heteroatoms. The fraction of sp³-hybridized carbons (Fsp3) is 0.364. The minimum atomic E-state index is -1.51. The molecule has 2 rings (SSSR count). The van der Waals surface area contributed by atoms with Crippen LogP contribution in [-0.4, -0.2) is 31.9 Å². The first-order valence-corrected chi connectivity index (χ1v) is 6.20. The molecule has 0 aliphatic rings. The van der Waals surface area contributed by atoms with Crippen molar-refractivity contribution in [3.8, 4) is 0 Å². The molecule has 0 amide bonds. The maximum absolute atomic E-state index is 14.2. The Bertz CT molecular complexity index is 606. The van der Waals surface area contributed by atoms with Crippen LogP contribution in [0.1, 0.15) is 24.6 Å². The number of anilines is 2. The molecule has 0 saturated heterocycles. The molecule has 1 atom stereocenters. The normalized spacial score (nSPS) is 12.4. The van der Waals surface area contributed by atoms with Gasteiger partial charge >= 0.3 is 0 Å². The van der Waals surface area contributed by atoms with Crippen LogP contribution in [-0.2, 0) is 4.74 Å². The average molecular weight is 302 g/mol. The summed E-state index contributed by atoms with van der Waals surface area (Å²) in [6.45, 7) is 3.66. The monoisotopic (exact) mass is 301 g/mol. The van der Waals surface area contributed by atoms with E-state index in [0.29, 0.717) is 5.82 Å². The lowest BCUT2D eigenvalue weighted by Gasteiger charge is -2.13. The van der Waals surface area contributed by atoms with E-state index in [2.05, 4.69) is 25.5 Å². The van der Waals surface area contributed by atoms with Gasteiger partial charge in [-0.1, -0.05) is 0 Å². The second-order valence-corrected chi connectivity index (χ2v) is 4.25. The first-order valence-electron chi connectivity index (χ1n) is 5.83. The van der Waals surface area contributed by atoms with Crippen LogP contribution in [0.3, 0.4) is 0 Å².